The summed E-state index contributed by atoms with van der Waals surface area (Å²) in [5, 5.41) is 47.5. The van der Waals surface area contributed by atoms with Crippen molar-refractivity contribution >= 4 is 29.8 Å². The molecule has 0 aromatic heterocycles. The lowest BCUT2D eigenvalue weighted by Crippen LogP contribution is -2.65. The van der Waals surface area contributed by atoms with Gasteiger partial charge in [-0.2, -0.15) is 0 Å². The average molecular weight is 889 g/mol. The molecule has 5 rings (SSSR count). The third-order valence-corrected chi connectivity index (χ3v) is 12.5. The van der Waals surface area contributed by atoms with Crippen LogP contribution in [0.4, 0.5) is 0 Å². The number of allylic oxidation sites excluding steroid dienone is 3. The number of fused-ring (bicyclic) bond motifs is 8. The maximum absolute atomic E-state index is 13.4. The molecule has 0 saturated carbocycles. The van der Waals surface area contributed by atoms with Gasteiger partial charge in [0.25, 0.3) is 0 Å². The van der Waals surface area contributed by atoms with Crippen molar-refractivity contribution in [1.82, 2.24) is 0 Å². The molecule has 3 fully saturated rings. The second kappa shape index (κ2) is 20.3. The molecule has 12 atom stereocenters. The lowest BCUT2D eigenvalue weighted by molar-refractivity contribution is -0.348. The van der Waals surface area contributed by atoms with E-state index in [4.69, 9.17) is 37.9 Å². The van der Waals surface area contributed by atoms with Gasteiger partial charge >= 0.3 is 29.8 Å². The summed E-state index contributed by atoms with van der Waals surface area (Å²) in [6.07, 6.45) is 1.01. The maximum atomic E-state index is 13.4. The Morgan fingerprint density at radius 1 is 0.952 bits per heavy atom. The van der Waals surface area contributed by atoms with Gasteiger partial charge < -0.3 is 58.3 Å². The van der Waals surface area contributed by atoms with Gasteiger partial charge in [-0.15, -0.1) is 0 Å². The monoisotopic (exact) mass is 888 g/mol. The summed E-state index contributed by atoms with van der Waals surface area (Å²) in [7, 11) is 1.24. The van der Waals surface area contributed by atoms with Crippen molar-refractivity contribution in [3.8, 4) is 0 Å². The first-order chi connectivity index (χ1) is 29.5. The van der Waals surface area contributed by atoms with E-state index in [9.17, 15) is 44.4 Å². The van der Waals surface area contributed by atoms with E-state index in [0.29, 0.717) is 5.57 Å². The number of esters is 5. The minimum Gasteiger partial charge on any atom is -0.466 e. The van der Waals surface area contributed by atoms with Crippen LogP contribution < -0.4 is 0 Å². The Balaban J connectivity index is 1.62. The highest BCUT2D eigenvalue weighted by atomic mass is 16.7. The number of methoxy groups -OCH3 is 1. The SMILES string of the molecule is CCC/C=C/C=C/C(=O)O[C@H]1C2=CC(=O)OC2[C@H]2C[C@H]([C@@H](C)O)OC(=O)C[C@H](O)C[C@@H]3C[C@H](OC(C)=O)C(C)(C)[C@](O)(C[C@@H]4C/C(=C/C(=O)OC)C[C@H](/C=C\C(C)(C)[C@]1(O)O2)O4)O3. The molecule has 17 nitrogen and oxygen atoms in total. The van der Waals surface area contributed by atoms with E-state index in [2.05, 4.69) is 0 Å². The Morgan fingerprint density at radius 2 is 1.68 bits per heavy atom. The number of cyclic esters (lactones) is 1. The Bertz CT molecular complexity index is 1860. The van der Waals surface area contributed by atoms with E-state index in [1.807, 2.05) is 13.0 Å². The topological polar surface area (TPSA) is 240 Å². The summed E-state index contributed by atoms with van der Waals surface area (Å²) in [5.74, 6) is -8.33. The molecular formula is C46H64O17. The largest absolute Gasteiger partial charge is 0.466 e. The Morgan fingerprint density at radius 3 is 2.35 bits per heavy atom. The van der Waals surface area contributed by atoms with E-state index >= 15 is 0 Å². The standard InChI is InChI=1S/C46H64O17/c1-9-10-11-12-13-14-37(50)61-42-33-23-40(53)60-41(33)35-24-34(26(2)47)59-39(52)21-29(49)20-31-22-36(57-27(3)48)44(6,7)45(54,62-31)25-32-18-28(19-38(51)56-8)17-30(58-32)15-16-43(4,5)46(42,55)63-35/h11-16,19,23,26,29-32,34-36,41-42,47,49,54-55H,9-10,17-18,20-22,24-25H2,1-8H3/b12-11+,14-13+,16-15-,28-19+/t26-,29-,30+,31-,32+,34-,35-,36+,41?,42+,45+,46-/m1/s1. The van der Waals surface area contributed by atoms with Crippen LogP contribution in [-0.4, -0.2) is 130 Å². The third-order valence-electron chi connectivity index (χ3n) is 12.5. The first kappa shape index (κ1) is 49.8. The number of ether oxygens (including phenoxy) is 8. The molecule has 63 heavy (non-hydrogen) atoms. The normalized spacial score (nSPS) is 37.5. The van der Waals surface area contributed by atoms with Crippen LogP contribution in [0, 0.1) is 10.8 Å². The fourth-order valence-electron chi connectivity index (χ4n) is 8.79. The van der Waals surface area contributed by atoms with Crippen molar-refractivity contribution in [2.45, 2.75) is 179 Å². The number of aliphatic hydroxyl groups excluding tert-OH is 2. The molecule has 5 aliphatic rings. The molecule has 0 spiro atoms. The van der Waals surface area contributed by atoms with Crippen molar-refractivity contribution < 1.29 is 82.3 Å². The summed E-state index contributed by atoms with van der Waals surface area (Å²) >= 11 is 0. The average Bonchev–Trinajstić information content (AvgIpc) is 3.58. The molecular weight excluding hydrogens is 824 g/mol. The minimum absolute atomic E-state index is 0.0667. The van der Waals surface area contributed by atoms with Crippen molar-refractivity contribution in [3.05, 3.63) is 59.8 Å². The number of carbonyl (C=O) groups excluding carboxylic acids is 5. The van der Waals surface area contributed by atoms with Gasteiger partial charge in [0.2, 0.25) is 5.79 Å². The predicted octanol–water partition coefficient (Wildman–Crippen LogP) is 3.64. The molecule has 350 valence electrons. The first-order valence-corrected chi connectivity index (χ1v) is 21.6. The number of aliphatic hydroxyl groups is 4. The van der Waals surface area contributed by atoms with Crippen molar-refractivity contribution in [2.75, 3.05) is 7.11 Å². The number of rotatable bonds is 8. The summed E-state index contributed by atoms with van der Waals surface area (Å²) in [6, 6.07) is 0. The number of hydrogen-bond acceptors (Lipinski definition) is 17. The zero-order chi connectivity index (χ0) is 46.5. The van der Waals surface area contributed by atoms with Gasteiger partial charge in [-0.3, -0.25) is 9.59 Å². The van der Waals surface area contributed by atoms with Gasteiger partial charge in [0, 0.05) is 61.8 Å². The highest BCUT2D eigenvalue weighted by Crippen LogP contribution is 2.51. The lowest BCUT2D eigenvalue weighted by Gasteiger charge is -2.53. The Kier molecular flexibility index (Phi) is 16.0. The molecule has 6 bridgehead atoms. The quantitative estimate of drug-likeness (QED) is 0.0894. The summed E-state index contributed by atoms with van der Waals surface area (Å²) < 4.78 is 47.3. The van der Waals surface area contributed by atoms with Gasteiger partial charge in [0.1, 0.15) is 18.3 Å². The number of carbonyl (C=O) groups is 5. The summed E-state index contributed by atoms with van der Waals surface area (Å²) in [5.41, 5.74) is -2.09. The smallest absolute Gasteiger partial charge is 0.331 e. The van der Waals surface area contributed by atoms with Crippen molar-refractivity contribution in [1.29, 1.82) is 0 Å². The van der Waals surface area contributed by atoms with Crippen molar-refractivity contribution in [3.63, 3.8) is 0 Å². The molecule has 0 radical (unpaired) electrons. The number of unbranched alkanes of at least 4 members (excludes halogenated alkanes) is 1. The van der Waals surface area contributed by atoms with Crippen LogP contribution in [0.2, 0.25) is 0 Å². The molecule has 17 heteroatoms. The highest BCUT2D eigenvalue weighted by molar-refractivity contribution is 5.87. The fourth-order valence-corrected chi connectivity index (χ4v) is 8.79. The van der Waals surface area contributed by atoms with Gasteiger partial charge in [-0.1, -0.05) is 77.0 Å². The van der Waals surface area contributed by atoms with Crippen LogP contribution in [0.3, 0.4) is 0 Å². The highest BCUT2D eigenvalue weighted by Gasteiger charge is 2.63. The van der Waals surface area contributed by atoms with E-state index in [-0.39, 0.29) is 44.1 Å². The van der Waals surface area contributed by atoms with Crippen LogP contribution in [0.5, 0.6) is 0 Å². The second-order valence-electron chi connectivity index (χ2n) is 18.2. The number of hydrogen-bond donors (Lipinski definition) is 4. The zero-order valence-electron chi connectivity index (χ0n) is 37.4. The Hall–Kier alpha value is -4.23. The van der Waals surface area contributed by atoms with E-state index in [0.717, 1.165) is 25.0 Å². The Labute approximate surface area is 368 Å². The van der Waals surface area contributed by atoms with Crippen LogP contribution >= 0.6 is 0 Å². The lowest BCUT2D eigenvalue weighted by atomic mass is 9.70. The van der Waals surface area contributed by atoms with Crippen LogP contribution in [0.25, 0.3) is 0 Å². The predicted molar refractivity (Wildman–Crippen MR) is 222 cm³/mol. The van der Waals surface area contributed by atoms with Crippen LogP contribution in [0.15, 0.2) is 59.8 Å². The maximum Gasteiger partial charge on any atom is 0.331 e. The molecule has 5 aliphatic heterocycles. The molecule has 0 aliphatic carbocycles. The second-order valence-corrected chi connectivity index (χ2v) is 18.2. The van der Waals surface area contributed by atoms with Gasteiger partial charge in [0.05, 0.1) is 49.5 Å². The minimum atomic E-state index is -2.47. The molecule has 1 unspecified atom stereocenters. The third kappa shape index (κ3) is 11.7. The summed E-state index contributed by atoms with van der Waals surface area (Å²) in [6.45, 7) is 11.2. The van der Waals surface area contributed by atoms with Crippen molar-refractivity contribution in [2.24, 2.45) is 10.8 Å². The molecule has 0 aromatic carbocycles. The van der Waals surface area contributed by atoms with E-state index in [1.54, 1.807) is 45.9 Å². The van der Waals surface area contributed by atoms with E-state index in [1.165, 1.54) is 33.1 Å². The fraction of sp³-hybridized carbons (Fsp3) is 0.674. The van der Waals surface area contributed by atoms with Gasteiger partial charge in [0.15, 0.2) is 18.0 Å². The zero-order valence-corrected chi connectivity index (χ0v) is 37.4. The molecule has 3 saturated heterocycles. The first-order valence-electron chi connectivity index (χ1n) is 21.6. The summed E-state index contributed by atoms with van der Waals surface area (Å²) in [4.78, 5) is 64.7. The molecule has 5 heterocycles. The molecule has 4 N–H and O–H groups in total. The van der Waals surface area contributed by atoms with Crippen LogP contribution in [0.1, 0.15) is 106 Å². The molecule has 0 amide bonds. The molecule has 0 aromatic rings. The van der Waals surface area contributed by atoms with Crippen LogP contribution in [-0.2, 0) is 61.9 Å². The van der Waals surface area contributed by atoms with Gasteiger partial charge in [-0.05, 0) is 26.2 Å². The van der Waals surface area contributed by atoms with E-state index < -0.39 is 120 Å². The van der Waals surface area contributed by atoms with Gasteiger partial charge in [-0.25, -0.2) is 14.4 Å².